The number of aldehydes is 1. The Morgan fingerprint density at radius 3 is 2.64 bits per heavy atom. The first kappa shape index (κ1) is 9.00. The van der Waals surface area contributed by atoms with Gasteiger partial charge in [0.05, 0.1) is 0 Å². The average Bonchev–Trinajstić information content (AvgIpc) is 2.44. The molecule has 2 nitrogen and oxygen atoms in total. The molecule has 0 saturated heterocycles. The Labute approximate surface area is 83.2 Å². The van der Waals surface area contributed by atoms with E-state index in [0.717, 1.165) is 17.4 Å². The standard InChI is InChI=1S/C12H13NO/c1-8-9(2)13(3)12-6-10(7-14)4-5-11(8)12/h4-7H,1-3H3. The van der Waals surface area contributed by atoms with Crippen molar-refractivity contribution in [1.29, 1.82) is 0 Å². The zero-order chi connectivity index (χ0) is 10.3. The number of aromatic nitrogens is 1. The van der Waals surface area contributed by atoms with E-state index in [2.05, 4.69) is 18.4 Å². The molecule has 0 aliphatic carbocycles. The summed E-state index contributed by atoms with van der Waals surface area (Å²) in [5, 5.41) is 1.23. The molecule has 0 fully saturated rings. The fourth-order valence-corrected chi connectivity index (χ4v) is 1.84. The molecule has 0 aliphatic rings. The first-order valence-electron chi connectivity index (χ1n) is 4.66. The maximum Gasteiger partial charge on any atom is 0.150 e. The molecule has 2 heteroatoms. The fourth-order valence-electron chi connectivity index (χ4n) is 1.84. The molecule has 0 aliphatic heterocycles. The van der Waals surface area contributed by atoms with E-state index < -0.39 is 0 Å². The predicted octanol–water partition coefficient (Wildman–Crippen LogP) is 2.61. The summed E-state index contributed by atoms with van der Waals surface area (Å²) in [5.41, 5.74) is 4.41. The molecule has 2 rings (SSSR count). The number of carbonyl (C=O) groups is 1. The molecule has 0 amide bonds. The highest BCUT2D eigenvalue weighted by Gasteiger charge is 2.07. The van der Waals surface area contributed by atoms with Crippen LogP contribution >= 0.6 is 0 Å². The maximum absolute atomic E-state index is 10.6. The topological polar surface area (TPSA) is 22.0 Å². The summed E-state index contributed by atoms with van der Waals surface area (Å²) < 4.78 is 2.12. The number of nitrogens with zero attached hydrogens (tertiary/aromatic N) is 1. The molecule has 0 radical (unpaired) electrons. The molecule has 14 heavy (non-hydrogen) atoms. The Kier molecular flexibility index (Phi) is 1.92. The van der Waals surface area contributed by atoms with E-state index in [1.807, 2.05) is 25.2 Å². The molecule has 0 spiro atoms. The molecule has 1 aromatic carbocycles. The maximum atomic E-state index is 10.6. The van der Waals surface area contributed by atoms with E-state index in [4.69, 9.17) is 0 Å². The lowest BCUT2D eigenvalue weighted by atomic mass is 10.1. The van der Waals surface area contributed by atoms with Crippen molar-refractivity contribution < 1.29 is 4.79 Å². The van der Waals surface area contributed by atoms with Crippen molar-refractivity contribution in [3.05, 3.63) is 35.0 Å². The van der Waals surface area contributed by atoms with Crippen LogP contribution in [0.3, 0.4) is 0 Å². The van der Waals surface area contributed by atoms with Crippen LogP contribution in [0.5, 0.6) is 0 Å². The van der Waals surface area contributed by atoms with Crippen molar-refractivity contribution in [2.75, 3.05) is 0 Å². The Morgan fingerprint density at radius 1 is 1.29 bits per heavy atom. The minimum Gasteiger partial charge on any atom is -0.348 e. The van der Waals surface area contributed by atoms with Crippen LogP contribution in [0.15, 0.2) is 18.2 Å². The third kappa shape index (κ3) is 1.07. The normalized spacial score (nSPS) is 10.8. The molecular weight excluding hydrogens is 174 g/mol. The third-order valence-electron chi connectivity index (χ3n) is 2.97. The van der Waals surface area contributed by atoms with E-state index >= 15 is 0 Å². The molecule has 0 bridgehead atoms. The molecule has 2 aromatic rings. The summed E-state index contributed by atoms with van der Waals surface area (Å²) >= 11 is 0. The van der Waals surface area contributed by atoms with Crippen LogP contribution in [0.4, 0.5) is 0 Å². The number of benzene rings is 1. The lowest BCUT2D eigenvalue weighted by molar-refractivity contribution is 0.112. The van der Waals surface area contributed by atoms with Gasteiger partial charge in [0.15, 0.2) is 0 Å². The number of carbonyl (C=O) groups excluding carboxylic acids is 1. The number of aryl methyl sites for hydroxylation is 2. The molecule has 72 valence electrons. The van der Waals surface area contributed by atoms with Crippen molar-refractivity contribution in [2.45, 2.75) is 13.8 Å². The third-order valence-corrected chi connectivity index (χ3v) is 2.97. The van der Waals surface area contributed by atoms with Crippen LogP contribution in [0.25, 0.3) is 10.9 Å². The van der Waals surface area contributed by atoms with Crippen LogP contribution in [-0.4, -0.2) is 10.9 Å². The van der Waals surface area contributed by atoms with E-state index in [9.17, 15) is 4.79 Å². The number of fused-ring (bicyclic) bond motifs is 1. The van der Waals surface area contributed by atoms with Crippen molar-refractivity contribution in [1.82, 2.24) is 4.57 Å². The molecular formula is C12H13NO. The summed E-state index contributed by atoms with van der Waals surface area (Å²) in [6.45, 7) is 4.20. The zero-order valence-corrected chi connectivity index (χ0v) is 8.66. The van der Waals surface area contributed by atoms with E-state index in [1.165, 1.54) is 16.6 Å². The highest BCUT2D eigenvalue weighted by Crippen LogP contribution is 2.24. The quantitative estimate of drug-likeness (QED) is 0.629. The summed E-state index contributed by atoms with van der Waals surface area (Å²) in [6.07, 6.45) is 0.886. The fraction of sp³-hybridized carbons (Fsp3) is 0.250. The lowest BCUT2D eigenvalue weighted by Gasteiger charge is -1.98. The Bertz CT molecular complexity index is 509. The summed E-state index contributed by atoms with van der Waals surface area (Å²) in [6, 6.07) is 5.81. The van der Waals surface area contributed by atoms with Crippen molar-refractivity contribution in [3.63, 3.8) is 0 Å². The molecule has 1 heterocycles. The van der Waals surface area contributed by atoms with Crippen LogP contribution in [0, 0.1) is 13.8 Å². The highest BCUT2D eigenvalue weighted by atomic mass is 16.1. The molecule has 1 aromatic heterocycles. The average molecular weight is 187 g/mol. The minimum absolute atomic E-state index is 0.734. The van der Waals surface area contributed by atoms with Crippen molar-refractivity contribution in [2.24, 2.45) is 7.05 Å². The van der Waals surface area contributed by atoms with Crippen LogP contribution in [-0.2, 0) is 7.05 Å². The second-order valence-corrected chi connectivity index (χ2v) is 3.66. The second-order valence-electron chi connectivity index (χ2n) is 3.66. The van der Waals surface area contributed by atoms with Gasteiger partial charge < -0.3 is 4.57 Å². The molecule has 0 N–H and O–H groups in total. The van der Waals surface area contributed by atoms with Crippen molar-refractivity contribution >= 4 is 17.2 Å². The van der Waals surface area contributed by atoms with E-state index in [0.29, 0.717) is 0 Å². The zero-order valence-electron chi connectivity index (χ0n) is 8.66. The predicted molar refractivity (Wildman–Crippen MR) is 57.8 cm³/mol. The first-order chi connectivity index (χ1) is 6.65. The smallest absolute Gasteiger partial charge is 0.150 e. The van der Waals surface area contributed by atoms with Gasteiger partial charge in [-0.05, 0) is 25.5 Å². The summed E-state index contributed by atoms with van der Waals surface area (Å²) in [5.74, 6) is 0. The highest BCUT2D eigenvalue weighted by molar-refractivity contribution is 5.90. The summed E-state index contributed by atoms with van der Waals surface area (Å²) in [7, 11) is 2.03. The van der Waals surface area contributed by atoms with Gasteiger partial charge in [-0.15, -0.1) is 0 Å². The monoisotopic (exact) mass is 187 g/mol. The van der Waals surface area contributed by atoms with E-state index in [1.54, 1.807) is 0 Å². The largest absolute Gasteiger partial charge is 0.348 e. The molecule has 0 saturated carbocycles. The van der Waals surface area contributed by atoms with E-state index in [-0.39, 0.29) is 0 Å². The Morgan fingerprint density at radius 2 is 2.00 bits per heavy atom. The summed E-state index contributed by atoms with van der Waals surface area (Å²) in [4.78, 5) is 10.6. The van der Waals surface area contributed by atoms with Gasteiger partial charge in [0.2, 0.25) is 0 Å². The van der Waals surface area contributed by atoms with Gasteiger partial charge in [-0.1, -0.05) is 12.1 Å². The molecule has 0 atom stereocenters. The number of hydrogen-bond donors (Lipinski definition) is 0. The van der Waals surface area contributed by atoms with Gasteiger partial charge in [-0.25, -0.2) is 0 Å². The minimum atomic E-state index is 0.734. The van der Waals surface area contributed by atoms with Crippen molar-refractivity contribution in [3.8, 4) is 0 Å². The van der Waals surface area contributed by atoms with Crippen LogP contribution in [0.1, 0.15) is 21.6 Å². The van der Waals surface area contributed by atoms with Gasteiger partial charge in [0.25, 0.3) is 0 Å². The SMILES string of the molecule is Cc1c(C)n(C)c2cc(C=O)ccc12. The number of rotatable bonds is 1. The second kappa shape index (κ2) is 2.98. The first-order valence-corrected chi connectivity index (χ1v) is 4.66. The van der Waals surface area contributed by atoms with Crippen LogP contribution < -0.4 is 0 Å². The molecule has 0 unspecified atom stereocenters. The lowest BCUT2D eigenvalue weighted by Crippen LogP contribution is -1.90. The Hall–Kier alpha value is -1.57. The number of hydrogen-bond acceptors (Lipinski definition) is 1. The van der Waals surface area contributed by atoms with Gasteiger partial charge in [-0.3, -0.25) is 4.79 Å². The van der Waals surface area contributed by atoms with Gasteiger partial charge in [-0.2, -0.15) is 0 Å². The van der Waals surface area contributed by atoms with Gasteiger partial charge in [0, 0.05) is 29.2 Å². The van der Waals surface area contributed by atoms with Gasteiger partial charge in [0.1, 0.15) is 6.29 Å². The van der Waals surface area contributed by atoms with Crippen LogP contribution in [0.2, 0.25) is 0 Å². The van der Waals surface area contributed by atoms with Gasteiger partial charge >= 0.3 is 0 Å². The Balaban J connectivity index is 2.88.